The molecule has 0 saturated carbocycles. The molecule has 0 aliphatic heterocycles. The van der Waals surface area contributed by atoms with E-state index in [1.54, 1.807) is 21.3 Å². The highest BCUT2D eigenvalue weighted by molar-refractivity contribution is 6.39. The van der Waals surface area contributed by atoms with Crippen molar-refractivity contribution in [2.45, 2.75) is 6.42 Å². The van der Waals surface area contributed by atoms with Gasteiger partial charge in [0.1, 0.15) is 5.82 Å². The molecule has 110 valence electrons. The highest BCUT2D eigenvalue weighted by atomic mass is 35.5. The maximum atomic E-state index is 7.11. The van der Waals surface area contributed by atoms with E-state index in [2.05, 4.69) is 10.6 Å². The number of nitrogens with one attached hydrogen (secondary N) is 3. The van der Waals surface area contributed by atoms with Crippen LogP contribution in [0.2, 0.25) is 0 Å². The lowest BCUT2D eigenvalue weighted by atomic mass is 10.1. The van der Waals surface area contributed by atoms with E-state index >= 15 is 0 Å². The first-order chi connectivity index (χ1) is 9.65. The van der Waals surface area contributed by atoms with Crippen molar-refractivity contribution in [1.29, 1.82) is 5.41 Å². The minimum Gasteiger partial charge on any atom is -0.493 e. The van der Waals surface area contributed by atoms with Crippen LogP contribution < -0.4 is 20.1 Å². The van der Waals surface area contributed by atoms with Gasteiger partial charge in [0.25, 0.3) is 0 Å². The summed E-state index contributed by atoms with van der Waals surface area (Å²) in [6.45, 7) is 0.690. The Labute approximate surface area is 124 Å². The van der Waals surface area contributed by atoms with Crippen molar-refractivity contribution in [2.24, 2.45) is 0 Å². The Morgan fingerprint density at radius 3 is 2.55 bits per heavy atom. The van der Waals surface area contributed by atoms with Crippen LogP contribution in [0.3, 0.4) is 0 Å². The van der Waals surface area contributed by atoms with Gasteiger partial charge in [0.15, 0.2) is 11.5 Å². The zero-order valence-electron chi connectivity index (χ0n) is 11.9. The molecule has 1 aromatic carbocycles. The number of halogens is 1. The number of methoxy groups -OCH3 is 2. The normalized spacial score (nSPS) is 11.4. The number of ether oxygens (including phenoxy) is 2. The van der Waals surface area contributed by atoms with Gasteiger partial charge in [-0.25, -0.2) is 0 Å². The van der Waals surface area contributed by atoms with Crippen LogP contribution in [0, 0.1) is 5.41 Å². The third-order valence-electron chi connectivity index (χ3n) is 2.78. The Morgan fingerprint density at radius 2 is 2.00 bits per heavy atom. The van der Waals surface area contributed by atoms with E-state index in [0.717, 1.165) is 18.2 Å². The summed E-state index contributed by atoms with van der Waals surface area (Å²) in [6.07, 6.45) is 1.89. The molecule has 0 heterocycles. The van der Waals surface area contributed by atoms with Gasteiger partial charge in [0.2, 0.25) is 0 Å². The standard InChI is InChI=1S/C14H20ClN3O2/c1-17-14(11(15)9-16)18-7-6-10-4-5-12(19-2)13(8-10)20-3/h4-5,8-9,16-18H,6-7H2,1-3H3/b14-11-,16-9?. The second kappa shape index (κ2) is 8.32. The molecule has 0 bridgehead atoms. The highest BCUT2D eigenvalue weighted by Gasteiger charge is 2.05. The van der Waals surface area contributed by atoms with Crippen molar-refractivity contribution in [3.63, 3.8) is 0 Å². The molecule has 0 spiro atoms. The van der Waals surface area contributed by atoms with E-state index in [1.165, 1.54) is 0 Å². The minimum atomic E-state index is 0.347. The number of hydrogen-bond acceptors (Lipinski definition) is 5. The first-order valence-electron chi connectivity index (χ1n) is 6.19. The van der Waals surface area contributed by atoms with Crippen molar-refractivity contribution in [2.75, 3.05) is 27.8 Å². The summed E-state index contributed by atoms with van der Waals surface area (Å²) in [5.74, 6) is 2.07. The molecule has 0 aliphatic rings. The summed E-state index contributed by atoms with van der Waals surface area (Å²) < 4.78 is 10.5. The van der Waals surface area contributed by atoms with Crippen LogP contribution in [0.25, 0.3) is 0 Å². The smallest absolute Gasteiger partial charge is 0.160 e. The van der Waals surface area contributed by atoms with Gasteiger partial charge in [-0.1, -0.05) is 17.7 Å². The number of rotatable bonds is 8. The number of allylic oxidation sites excluding steroid dienone is 1. The lowest BCUT2D eigenvalue weighted by Gasteiger charge is -2.12. The first kappa shape index (κ1) is 16.2. The van der Waals surface area contributed by atoms with E-state index in [4.69, 9.17) is 26.5 Å². The maximum Gasteiger partial charge on any atom is 0.160 e. The first-order valence-corrected chi connectivity index (χ1v) is 6.56. The lowest BCUT2D eigenvalue weighted by Crippen LogP contribution is -2.26. The van der Waals surface area contributed by atoms with Crippen LogP contribution in [0.1, 0.15) is 5.56 Å². The fraction of sp³-hybridized carbons (Fsp3) is 0.357. The predicted molar refractivity (Wildman–Crippen MR) is 82.0 cm³/mol. The number of hydrogen-bond donors (Lipinski definition) is 3. The van der Waals surface area contributed by atoms with Crippen molar-refractivity contribution < 1.29 is 9.47 Å². The molecule has 20 heavy (non-hydrogen) atoms. The Bertz CT molecular complexity index is 489. The Hall–Kier alpha value is -1.88. The second-order valence-electron chi connectivity index (χ2n) is 3.98. The monoisotopic (exact) mass is 297 g/mol. The van der Waals surface area contributed by atoms with Crippen LogP contribution in [-0.4, -0.2) is 34.0 Å². The average Bonchev–Trinajstić information content (AvgIpc) is 2.50. The summed E-state index contributed by atoms with van der Waals surface area (Å²) in [7, 11) is 4.98. The van der Waals surface area contributed by atoms with Crippen LogP contribution in [0.15, 0.2) is 29.1 Å². The topological polar surface area (TPSA) is 66.4 Å². The largest absolute Gasteiger partial charge is 0.493 e. The third-order valence-corrected chi connectivity index (χ3v) is 3.08. The summed E-state index contributed by atoms with van der Waals surface area (Å²) in [5, 5.41) is 13.5. The number of benzene rings is 1. The SMILES string of the molecule is CN/C(NCCc1ccc(OC)c(OC)c1)=C(/Cl)C=N. The van der Waals surface area contributed by atoms with Crippen molar-refractivity contribution in [3.05, 3.63) is 34.6 Å². The van der Waals surface area contributed by atoms with Crippen LogP contribution in [0.5, 0.6) is 11.5 Å². The predicted octanol–water partition coefficient (Wildman–Crippen LogP) is 2.11. The zero-order valence-corrected chi connectivity index (χ0v) is 12.7. The van der Waals surface area contributed by atoms with Crippen LogP contribution in [-0.2, 0) is 6.42 Å². The molecular weight excluding hydrogens is 278 g/mol. The molecule has 0 radical (unpaired) electrons. The third kappa shape index (κ3) is 4.35. The van der Waals surface area contributed by atoms with E-state index in [9.17, 15) is 0 Å². The summed E-state index contributed by atoms with van der Waals surface area (Å²) in [6, 6.07) is 5.82. The molecular formula is C14H20ClN3O2. The molecule has 0 fully saturated rings. The van der Waals surface area contributed by atoms with Crippen molar-refractivity contribution >= 4 is 17.8 Å². The van der Waals surface area contributed by atoms with Gasteiger partial charge in [0, 0.05) is 19.8 Å². The minimum absolute atomic E-state index is 0.347. The van der Waals surface area contributed by atoms with Gasteiger partial charge >= 0.3 is 0 Å². The molecule has 0 aliphatic carbocycles. The van der Waals surface area contributed by atoms with Gasteiger partial charge in [-0.15, -0.1) is 0 Å². The fourth-order valence-corrected chi connectivity index (χ4v) is 1.89. The Balaban J connectivity index is 2.64. The van der Waals surface area contributed by atoms with E-state index in [-0.39, 0.29) is 0 Å². The van der Waals surface area contributed by atoms with E-state index in [0.29, 0.717) is 28.9 Å². The highest BCUT2D eigenvalue weighted by Crippen LogP contribution is 2.27. The molecule has 0 unspecified atom stereocenters. The lowest BCUT2D eigenvalue weighted by molar-refractivity contribution is 0.354. The summed E-state index contributed by atoms with van der Waals surface area (Å²) in [4.78, 5) is 0. The Morgan fingerprint density at radius 1 is 1.30 bits per heavy atom. The summed E-state index contributed by atoms with van der Waals surface area (Å²) >= 11 is 5.88. The molecule has 1 aromatic rings. The van der Waals surface area contributed by atoms with Gasteiger partial charge in [0.05, 0.1) is 19.3 Å². The van der Waals surface area contributed by atoms with E-state index < -0.39 is 0 Å². The van der Waals surface area contributed by atoms with Gasteiger partial charge in [-0.05, 0) is 24.1 Å². The molecule has 5 nitrogen and oxygen atoms in total. The quantitative estimate of drug-likeness (QED) is 0.643. The van der Waals surface area contributed by atoms with Crippen LogP contribution in [0.4, 0.5) is 0 Å². The van der Waals surface area contributed by atoms with E-state index in [1.807, 2.05) is 18.2 Å². The Kier molecular flexibility index (Phi) is 6.73. The van der Waals surface area contributed by atoms with Gasteiger partial charge in [-0.2, -0.15) is 0 Å². The molecule has 0 saturated heterocycles. The second-order valence-corrected chi connectivity index (χ2v) is 4.39. The molecule has 3 N–H and O–H groups in total. The van der Waals surface area contributed by atoms with Crippen molar-refractivity contribution in [1.82, 2.24) is 10.6 Å². The van der Waals surface area contributed by atoms with Crippen LogP contribution >= 0.6 is 11.6 Å². The van der Waals surface area contributed by atoms with Gasteiger partial charge < -0.3 is 25.5 Å². The molecule has 0 aromatic heterocycles. The molecule has 6 heteroatoms. The average molecular weight is 298 g/mol. The molecule has 0 amide bonds. The maximum absolute atomic E-state index is 7.11. The fourth-order valence-electron chi connectivity index (χ4n) is 1.73. The molecule has 1 rings (SSSR count). The van der Waals surface area contributed by atoms with Crippen molar-refractivity contribution in [3.8, 4) is 11.5 Å². The zero-order chi connectivity index (χ0) is 15.0. The van der Waals surface area contributed by atoms with Gasteiger partial charge in [-0.3, -0.25) is 0 Å². The molecule has 0 atom stereocenters. The summed E-state index contributed by atoms with van der Waals surface area (Å²) in [5.41, 5.74) is 1.12.